The summed E-state index contributed by atoms with van der Waals surface area (Å²) in [6, 6.07) is 6.79. The SMILES string of the molecule is CN(CCc1cccc(F)c1)CC1(CN)COC1. The van der Waals surface area contributed by atoms with E-state index in [0.29, 0.717) is 6.54 Å². The summed E-state index contributed by atoms with van der Waals surface area (Å²) in [4.78, 5) is 2.25. The average molecular weight is 252 g/mol. The predicted molar refractivity (Wildman–Crippen MR) is 69.9 cm³/mol. The van der Waals surface area contributed by atoms with Crippen LogP contribution < -0.4 is 5.73 Å². The largest absolute Gasteiger partial charge is 0.380 e. The van der Waals surface area contributed by atoms with Crippen molar-refractivity contribution in [2.75, 3.05) is 39.9 Å². The topological polar surface area (TPSA) is 38.5 Å². The molecule has 3 nitrogen and oxygen atoms in total. The van der Waals surface area contributed by atoms with Crippen molar-refractivity contribution in [2.24, 2.45) is 11.1 Å². The summed E-state index contributed by atoms with van der Waals surface area (Å²) in [7, 11) is 2.08. The van der Waals surface area contributed by atoms with Gasteiger partial charge in [0.15, 0.2) is 0 Å². The van der Waals surface area contributed by atoms with Crippen molar-refractivity contribution in [3.05, 3.63) is 35.6 Å². The van der Waals surface area contributed by atoms with Gasteiger partial charge in [-0.15, -0.1) is 0 Å². The van der Waals surface area contributed by atoms with Gasteiger partial charge >= 0.3 is 0 Å². The number of nitrogens with two attached hydrogens (primary N) is 1. The quantitative estimate of drug-likeness (QED) is 0.829. The van der Waals surface area contributed by atoms with Crippen molar-refractivity contribution in [1.29, 1.82) is 0 Å². The van der Waals surface area contributed by atoms with E-state index >= 15 is 0 Å². The van der Waals surface area contributed by atoms with Gasteiger partial charge in [0.05, 0.1) is 13.2 Å². The highest BCUT2D eigenvalue weighted by molar-refractivity contribution is 5.16. The summed E-state index contributed by atoms with van der Waals surface area (Å²) in [5.41, 5.74) is 6.96. The molecule has 18 heavy (non-hydrogen) atoms. The number of halogens is 1. The number of nitrogens with zero attached hydrogens (tertiary/aromatic N) is 1. The smallest absolute Gasteiger partial charge is 0.123 e. The molecule has 1 saturated heterocycles. The second-order valence-corrected chi connectivity index (χ2v) is 5.31. The van der Waals surface area contributed by atoms with Crippen molar-refractivity contribution in [1.82, 2.24) is 4.90 Å². The van der Waals surface area contributed by atoms with Crippen LogP contribution in [0.5, 0.6) is 0 Å². The van der Waals surface area contributed by atoms with Crippen LogP contribution in [0.2, 0.25) is 0 Å². The van der Waals surface area contributed by atoms with Crippen molar-refractivity contribution in [3.63, 3.8) is 0 Å². The molecular formula is C14H21FN2O. The van der Waals surface area contributed by atoms with Gasteiger partial charge in [-0.3, -0.25) is 0 Å². The van der Waals surface area contributed by atoms with Crippen LogP contribution in [0.3, 0.4) is 0 Å². The molecule has 0 atom stereocenters. The van der Waals surface area contributed by atoms with E-state index in [1.165, 1.54) is 6.07 Å². The Hall–Kier alpha value is -0.970. The minimum Gasteiger partial charge on any atom is -0.380 e. The normalized spacial score (nSPS) is 17.8. The third kappa shape index (κ3) is 3.28. The van der Waals surface area contributed by atoms with Crippen LogP contribution in [0, 0.1) is 11.2 Å². The van der Waals surface area contributed by atoms with E-state index in [9.17, 15) is 4.39 Å². The standard InChI is InChI=1S/C14H21FN2O/c1-17(9-14(8-16)10-18-11-14)6-5-12-3-2-4-13(15)7-12/h2-4,7H,5-6,8-11,16H2,1H3. The first-order valence-corrected chi connectivity index (χ1v) is 6.34. The Morgan fingerprint density at radius 1 is 1.44 bits per heavy atom. The highest BCUT2D eigenvalue weighted by atomic mass is 19.1. The molecule has 1 aromatic carbocycles. The van der Waals surface area contributed by atoms with Gasteiger partial charge in [-0.1, -0.05) is 12.1 Å². The number of ether oxygens (including phenoxy) is 1. The molecule has 0 spiro atoms. The number of hydrogen-bond acceptors (Lipinski definition) is 3. The first kappa shape index (κ1) is 13.5. The first-order chi connectivity index (χ1) is 8.63. The van der Waals surface area contributed by atoms with E-state index in [1.807, 2.05) is 6.07 Å². The van der Waals surface area contributed by atoms with E-state index in [4.69, 9.17) is 10.5 Å². The first-order valence-electron chi connectivity index (χ1n) is 6.34. The zero-order valence-electron chi connectivity index (χ0n) is 10.9. The van der Waals surface area contributed by atoms with Crippen molar-refractivity contribution >= 4 is 0 Å². The minimum atomic E-state index is -0.166. The fourth-order valence-electron chi connectivity index (χ4n) is 2.33. The maximum atomic E-state index is 13.0. The predicted octanol–water partition coefficient (Wildman–Crippen LogP) is 1.28. The van der Waals surface area contributed by atoms with E-state index < -0.39 is 0 Å². The number of hydrogen-bond donors (Lipinski definition) is 1. The maximum absolute atomic E-state index is 13.0. The third-order valence-electron chi connectivity index (χ3n) is 3.53. The lowest BCUT2D eigenvalue weighted by Gasteiger charge is -2.43. The van der Waals surface area contributed by atoms with Crippen LogP contribution in [0.4, 0.5) is 4.39 Å². The van der Waals surface area contributed by atoms with Crippen LogP contribution >= 0.6 is 0 Å². The van der Waals surface area contributed by atoms with Gasteiger partial charge in [0.25, 0.3) is 0 Å². The molecule has 1 aliphatic heterocycles. The molecule has 0 amide bonds. The summed E-state index contributed by atoms with van der Waals surface area (Å²) >= 11 is 0. The summed E-state index contributed by atoms with van der Waals surface area (Å²) in [6.07, 6.45) is 0.857. The third-order valence-corrected chi connectivity index (χ3v) is 3.53. The lowest BCUT2D eigenvalue weighted by molar-refractivity contribution is -0.117. The van der Waals surface area contributed by atoms with E-state index in [-0.39, 0.29) is 11.2 Å². The van der Waals surface area contributed by atoms with E-state index in [0.717, 1.165) is 38.3 Å². The highest BCUT2D eigenvalue weighted by Gasteiger charge is 2.37. The monoisotopic (exact) mass is 252 g/mol. The molecule has 2 N–H and O–H groups in total. The Bertz CT molecular complexity index is 388. The van der Waals surface area contributed by atoms with Gasteiger partial charge in [0.1, 0.15) is 5.82 Å². The highest BCUT2D eigenvalue weighted by Crippen LogP contribution is 2.26. The van der Waals surface area contributed by atoms with Gasteiger partial charge in [0, 0.05) is 25.0 Å². The zero-order valence-corrected chi connectivity index (χ0v) is 10.9. The van der Waals surface area contributed by atoms with Crippen molar-refractivity contribution in [3.8, 4) is 0 Å². The molecule has 1 aromatic rings. The molecule has 2 rings (SSSR count). The fraction of sp³-hybridized carbons (Fsp3) is 0.571. The summed E-state index contributed by atoms with van der Waals surface area (Å²) in [5, 5.41) is 0. The Balaban J connectivity index is 1.79. The van der Waals surface area contributed by atoms with Gasteiger partial charge < -0.3 is 15.4 Å². The number of likely N-dealkylation sites (N-methyl/N-ethyl adjacent to an activating group) is 1. The Labute approximate surface area is 108 Å². The molecule has 1 aliphatic rings. The van der Waals surface area contributed by atoms with Gasteiger partial charge in [0.2, 0.25) is 0 Å². The maximum Gasteiger partial charge on any atom is 0.123 e. The molecule has 100 valence electrons. The Morgan fingerprint density at radius 3 is 2.78 bits per heavy atom. The fourth-order valence-corrected chi connectivity index (χ4v) is 2.33. The Kier molecular flexibility index (Phi) is 4.32. The molecule has 0 aromatic heterocycles. The van der Waals surface area contributed by atoms with E-state index in [2.05, 4.69) is 11.9 Å². The molecule has 0 saturated carbocycles. The van der Waals surface area contributed by atoms with Gasteiger partial charge in [-0.2, -0.15) is 0 Å². The lowest BCUT2D eigenvalue weighted by Crippen LogP contribution is -2.54. The Morgan fingerprint density at radius 2 is 2.22 bits per heavy atom. The van der Waals surface area contributed by atoms with Crippen LogP contribution in [0.15, 0.2) is 24.3 Å². The lowest BCUT2D eigenvalue weighted by atomic mass is 9.85. The summed E-state index contributed by atoms with van der Waals surface area (Å²) in [5.74, 6) is -0.166. The molecule has 0 bridgehead atoms. The van der Waals surface area contributed by atoms with Gasteiger partial charge in [-0.05, 0) is 31.2 Å². The average Bonchev–Trinajstić information content (AvgIpc) is 2.31. The molecule has 1 heterocycles. The molecule has 0 radical (unpaired) electrons. The van der Waals surface area contributed by atoms with E-state index in [1.54, 1.807) is 12.1 Å². The van der Waals surface area contributed by atoms with Crippen LogP contribution in [-0.4, -0.2) is 44.8 Å². The van der Waals surface area contributed by atoms with Crippen molar-refractivity contribution < 1.29 is 9.13 Å². The second kappa shape index (κ2) is 5.78. The molecular weight excluding hydrogens is 231 g/mol. The summed E-state index contributed by atoms with van der Waals surface area (Å²) < 4.78 is 18.3. The van der Waals surface area contributed by atoms with Crippen LogP contribution in [-0.2, 0) is 11.2 Å². The van der Waals surface area contributed by atoms with Crippen molar-refractivity contribution in [2.45, 2.75) is 6.42 Å². The number of benzene rings is 1. The molecule has 1 fully saturated rings. The molecule has 4 heteroatoms. The minimum absolute atomic E-state index is 0.136. The molecule has 0 aliphatic carbocycles. The zero-order chi connectivity index (χ0) is 13.0. The van der Waals surface area contributed by atoms with Gasteiger partial charge in [-0.25, -0.2) is 4.39 Å². The van der Waals surface area contributed by atoms with Crippen LogP contribution in [0.1, 0.15) is 5.56 Å². The second-order valence-electron chi connectivity index (χ2n) is 5.31. The van der Waals surface area contributed by atoms with Crippen LogP contribution in [0.25, 0.3) is 0 Å². The summed E-state index contributed by atoms with van der Waals surface area (Å²) in [6.45, 7) is 4.03. The number of rotatable bonds is 6. The molecule has 0 unspecified atom stereocenters.